The number of benzene rings is 10. The Balaban J connectivity index is 1.03. The molecule has 4 atom stereocenters. The summed E-state index contributed by atoms with van der Waals surface area (Å²) in [7, 11) is 0. The lowest BCUT2D eigenvalue weighted by atomic mass is 9.72. The maximum atomic E-state index is 6.43. The molecule has 3 aromatic heterocycles. The molecule has 4 unspecified atom stereocenters. The van der Waals surface area contributed by atoms with Gasteiger partial charge >= 0.3 is 0 Å². The fourth-order valence-corrected chi connectivity index (χ4v) is 14.9. The number of aliphatic imine (C=N–C) groups is 1. The summed E-state index contributed by atoms with van der Waals surface area (Å²) in [5.41, 5.74) is 15.4. The van der Waals surface area contributed by atoms with Crippen LogP contribution in [0.5, 0.6) is 0 Å². The lowest BCUT2D eigenvalue weighted by Gasteiger charge is -2.36. The highest BCUT2D eigenvalue weighted by Gasteiger charge is 2.37. The zero-order chi connectivity index (χ0) is 49.0. The van der Waals surface area contributed by atoms with Crippen molar-refractivity contribution in [3.8, 4) is 11.4 Å². The van der Waals surface area contributed by atoms with Gasteiger partial charge in [0.1, 0.15) is 0 Å². The molecule has 0 N–H and O–H groups in total. The van der Waals surface area contributed by atoms with E-state index >= 15 is 0 Å². The van der Waals surface area contributed by atoms with Crippen LogP contribution in [0.15, 0.2) is 211 Å². The van der Waals surface area contributed by atoms with Crippen molar-refractivity contribution in [3.63, 3.8) is 0 Å². The number of nitrogens with zero attached hydrogens (tertiary/aromatic N) is 3. The largest absolute Gasteiger partial charge is 0.309 e. The first-order chi connectivity index (χ1) is 36.6. The normalized spacial score (nSPS) is 19.0. The minimum absolute atomic E-state index is 0.139. The Morgan fingerprint density at radius 3 is 2.12 bits per heavy atom. The summed E-state index contributed by atoms with van der Waals surface area (Å²) < 4.78 is 7.85. The SMILES string of the molecule is CCC1/C(c2ccccc2)=N\C(c2c(-n3c4cc5c(cc4c4cc6ccccc6cc43)CCC=C5)ccc3sc4c5ccccc5ccc4c23)C(C)CCC1c1cccc2c3ccccc3n(-c3ccccc3)c12. The lowest BCUT2D eigenvalue weighted by molar-refractivity contribution is 0.364. The molecule has 74 heavy (non-hydrogen) atoms. The minimum Gasteiger partial charge on any atom is -0.309 e. The van der Waals surface area contributed by atoms with E-state index < -0.39 is 0 Å². The van der Waals surface area contributed by atoms with E-state index in [1.165, 1.54) is 130 Å². The number of rotatable bonds is 6. The van der Waals surface area contributed by atoms with Gasteiger partial charge < -0.3 is 9.13 Å². The Morgan fingerprint density at radius 2 is 1.28 bits per heavy atom. The summed E-state index contributed by atoms with van der Waals surface area (Å²) in [6.45, 7) is 4.92. The number of aromatic nitrogens is 2. The second-order valence-corrected chi connectivity index (χ2v) is 22.2. The van der Waals surface area contributed by atoms with Gasteiger partial charge in [0, 0.05) is 64.6 Å². The average Bonchev–Trinajstić information content (AvgIpc) is 4.11. The van der Waals surface area contributed by atoms with Gasteiger partial charge in [-0.05, 0) is 142 Å². The first-order valence-corrected chi connectivity index (χ1v) is 27.7. The molecular formula is C70H55N3S. The number of allylic oxidation sites excluding steroid dienone is 1. The third-order valence-electron chi connectivity index (χ3n) is 17.1. The minimum atomic E-state index is -0.139. The maximum absolute atomic E-state index is 6.43. The summed E-state index contributed by atoms with van der Waals surface area (Å²) in [5.74, 6) is 0.591. The molecular weight excluding hydrogens is 915 g/mol. The molecule has 1 aliphatic heterocycles. The molecule has 356 valence electrons. The molecule has 3 nitrogen and oxygen atoms in total. The molecule has 10 aromatic carbocycles. The standard InChI is InChI=1S/C70H55N3S/c1-3-51-53(55-30-18-31-56-54-29-16-17-32-60(54)72(69(55)56)50-26-8-5-9-27-50)35-33-43(2)67(71-68(51)45-20-6-4-7-21-45)66-61(37-38-64-65(66)57-36-34-44-19-14-15-28-52(44)70(57)74-64)73-62-41-48-24-12-10-22-46(48)39-58(62)59-40-47-23-11-13-25-49(47)42-63(59)73/h4-10,12-22,24-32,34,36-43,51,53,67H,3,11,23,33,35H2,1-2H3/b71-68-. The van der Waals surface area contributed by atoms with Gasteiger partial charge in [0.2, 0.25) is 0 Å². The van der Waals surface area contributed by atoms with Crippen molar-refractivity contribution in [1.29, 1.82) is 0 Å². The highest BCUT2D eigenvalue weighted by Crippen LogP contribution is 2.51. The van der Waals surface area contributed by atoms with E-state index in [4.69, 9.17) is 4.99 Å². The summed E-state index contributed by atoms with van der Waals surface area (Å²) in [6, 6.07) is 75.6. The van der Waals surface area contributed by atoms with Gasteiger partial charge in [-0.1, -0.05) is 172 Å². The van der Waals surface area contributed by atoms with Gasteiger partial charge in [-0.2, -0.15) is 0 Å². The molecule has 4 heteroatoms. The molecule has 15 rings (SSSR count). The number of thiophene rings is 1. The highest BCUT2D eigenvalue weighted by atomic mass is 32.1. The van der Waals surface area contributed by atoms with Crippen molar-refractivity contribution in [3.05, 3.63) is 234 Å². The van der Waals surface area contributed by atoms with Crippen molar-refractivity contribution >= 4 is 108 Å². The fourth-order valence-electron chi connectivity index (χ4n) is 13.6. The Kier molecular flexibility index (Phi) is 10.2. The van der Waals surface area contributed by atoms with Crippen molar-refractivity contribution in [2.24, 2.45) is 16.8 Å². The van der Waals surface area contributed by atoms with Gasteiger partial charge in [-0.3, -0.25) is 4.99 Å². The van der Waals surface area contributed by atoms with Crippen molar-refractivity contribution in [1.82, 2.24) is 9.13 Å². The van der Waals surface area contributed by atoms with E-state index in [0.29, 0.717) is 0 Å². The van der Waals surface area contributed by atoms with Crippen LogP contribution in [0.3, 0.4) is 0 Å². The van der Waals surface area contributed by atoms with Crippen LogP contribution in [-0.4, -0.2) is 14.8 Å². The topological polar surface area (TPSA) is 22.2 Å². The molecule has 0 saturated carbocycles. The molecule has 1 aliphatic carbocycles. The van der Waals surface area contributed by atoms with Crippen LogP contribution in [0.4, 0.5) is 0 Å². The summed E-state index contributed by atoms with van der Waals surface area (Å²) in [5, 5.41) is 13.0. The first kappa shape index (κ1) is 43.5. The van der Waals surface area contributed by atoms with E-state index in [1.54, 1.807) is 0 Å². The second kappa shape index (κ2) is 17.3. The van der Waals surface area contributed by atoms with Crippen LogP contribution in [0.25, 0.3) is 103 Å². The Morgan fingerprint density at radius 1 is 0.568 bits per heavy atom. The Bertz CT molecular complexity index is 4450. The molecule has 0 radical (unpaired) electrons. The third-order valence-corrected chi connectivity index (χ3v) is 18.3. The average molecular weight is 970 g/mol. The van der Waals surface area contributed by atoms with Crippen LogP contribution >= 0.6 is 11.3 Å². The molecule has 4 heterocycles. The number of hydrogen-bond donors (Lipinski definition) is 0. The van der Waals surface area contributed by atoms with E-state index in [0.717, 1.165) is 32.1 Å². The Labute approximate surface area is 435 Å². The maximum Gasteiger partial charge on any atom is 0.0805 e. The molecule has 0 spiro atoms. The van der Waals surface area contributed by atoms with E-state index in [9.17, 15) is 0 Å². The number of fused-ring (bicyclic) bond motifs is 13. The highest BCUT2D eigenvalue weighted by molar-refractivity contribution is 7.26. The van der Waals surface area contributed by atoms with Crippen LogP contribution in [0, 0.1) is 11.8 Å². The predicted octanol–water partition coefficient (Wildman–Crippen LogP) is 19.3. The predicted molar refractivity (Wildman–Crippen MR) is 317 cm³/mol. The third kappa shape index (κ3) is 6.67. The van der Waals surface area contributed by atoms with Gasteiger partial charge in [0.15, 0.2) is 0 Å². The quantitative estimate of drug-likeness (QED) is 0.158. The number of para-hydroxylation sites is 3. The van der Waals surface area contributed by atoms with Crippen LogP contribution in [-0.2, 0) is 6.42 Å². The van der Waals surface area contributed by atoms with Crippen LogP contribution in [0.2, 0.25) is 0 Å². The zero-order valence-electron chi connectivity index (χ0n) is 41.8. The van der Waals surface area contributed by atoms with Gasteiger partial charge in [-0.15, -0.1) is 11.3 Å². The van der Waals surface area contributed by atoms with Crippen molar-refractivity contribution in [2.75, 3.05) is 0 Å². The van der Waals surface area contributed by atoms with Crippen molar-refractivity contribution < 1.29 is 0 Å². The first-order valence-electron chi connectivity index (χ1n) is 26.8. The smallest absolute Gasteiger partial charge is 0.0805 e. The lowest BCUT2D eigenvalue weighted by Crippen LogP contribution is -2.28. The number of aryl methyl sites for hydroxylation is 1. The fraction of sp³-hybridized carbons (Fsp3) is 0.157. The molecule has 2 aliphatic rings. The van der Waals surface area contributed by atoms with E-state index in [1.807, 2.05) is 11.3 Å². The summed E-state index contributed by atoms with van der Waals surface area (Å²) in [4.78, 5) is 6.43. The molecule has 0 bridgehead atoms. The zero-order valence-corrected chi connectivity index (χ0v) is 42.6. The summed E-state index contributed by atoms with van der Waals surface area (Å²) in [6.07, 6.45) is 9.87. The van der Waals surface area contributed by atoms with E-state index in [-0.39, 0.29) is 23.8 Å². The van der Waals surface area contributed by atoms with Gasteiger partial charge in [0.05, 0.1) is 33.8 Å². The monoisotopic (exact) mass is 969 g/mol. The van der Waals surface area contributed by atoms with Crippen molar-refractivity contribution in [2.45, 2.75) is 57.9 Å². The second-order valence-electron chi connectivity index (χ2n) is 21.1. The number of hydrogen-bond acceptors (Lipinski definition) is 2. The summed E-state index contributed by atoms with van der Waals surface area (Å²) >= 11 is 1.95. The van der Waals surface area contributed by atoms with Gasteiger partial charge in [-0.25, -0.2) is 0 Å². The van der Waals surface area contributed by atoms with Crippen LogP contribution in [0.1, 0.15) is 79.3 Å². The molecule has 13 aromatic rings. The van der Waals surface area contributed by atoms with Crippen LogP contribution < -0.4 is 0 Å². The molecule has 0 fully saturated rings. The molecule has 0 saturated heterocycles. The Hall–Kier alpha value is -8.05. The van der Waals surface area contributed by atoms with Gasteiger partial charge in [0.25, 0.3) is 0 Å². The molecule has 0 amide bonds. The van der Waals surface area contributed by atoms with E-state index in [2.05, 4.69) is 235 Å².